The summed E-state index contributed by atoms with van der Waals surface area (Å²) in [5.41, 5.74) is 12.6. The fraction of sp³-hybridized carbons (Fsp3) is 0.163. The minimum atomic E-state index is 0.250. The van der Waals surface area contributed by atoms with Gasteiger partial charge in [0, 0.05) is 10.6 Å². The van der Waals surface area contributed by atoms with Gasteiger partial charge in [-0.1, -0.05) is 144 Å². The summed E-state index contributed by atoms with van der Waals surface area (Å²) in [6.07, 6.45) is 21.8. The molecule has 16 aromatic rings. The van der Waals surface area contributed by atoms with Crippen LogP contribution in [0, 0.1) is 38.0 Å². The van der Waals surface area contributed by atoms with Crippen molar-refractivity contribution >= 4 is 54.7 Å². The Hall–Kier alpha value is -19.1. The van der Waals surface area contributed by atoms with Crippen molar-refractivity contribution in [2.75, 3.05) is 7.11 Å². The topological polar surface area (TPSA) is 604 Å². The lowest BCUT2D eigenvalue weighted by Crippen LogP contribution is -1.94. The molecule has 0 radical (unpaired) electrons. The first-order valence-electron chi connectivity index (χ1n) is 39.2. The Balaban J connectivity index is 0.000000396. The second-order valence-electron chi connectivity index (χ2n) is 26.4. The van der Waals surface area contributed by atoms with Crippen LogP contribution in [0.2, 0.25) is 5.02 Å². The molecule has 0 amide bonds. The van der Waals surface area contributed by atoms with E-state index < -0.39 is 0 Å². The number of ether oxygens (including phenoxy) is 8. The Morgan fingerprint density at radius 3 is 0.838 bits per heavy atom. The molecule has 0 aliphatic carbocycles. The van der Waals surface area contributed by atoms with E-state index in [1.54, 1.807) is 50.0 Å². The van der Waals surface area contributed by atoms with E-state index in [1.807, 2.05) is 159 Å². The summed E-state index contributed by atoms with van der Waals surface area (Å²) in [6, 6.07) is 66.8. The molecule has 0 atom stereocenters. The van der Waals surface area contributed by atoms with Gasteiger partial charge in [-0.3, -0.25) is 0 Å². The Morgan fingerprint density at radius 1 is 0.294 bits per heavy atom. The van der Waals surface area contributed by atoms with Gasteiger partial charge in [0.25, 0.3) is 41.2 Å². The number of rotatable bonds is 23. The molecule has 698 valence electrons. The maximum absolute atomic E-state index is 8.12. The number of nitrogens with one attached hydrogen (secondary N) is 7. The molecule has 0 aliphatic rings. The highest BCUT2D eigenvalue weighted by molar-refractivity contribution is 6.31. The molecule has 0 fully saturated rings. The van der Waals surface area contributed by atoms with Gasteiger partial charge in [-0.2, -0.15) is 139 Å². The van der Waals surface area contributed by atoms with Gasteiger partial charge in [0.05, 0.1) is 7.11 Å². The Kier molecular flexibility index (Phi) is 55.6. The Labute approximate surface area is 779 Å². The lowest BCUT2D eigenvalue weighted by Gasteiger charge is -2.08. The van der Waals surface area contributed by atoms with Crippen molar-refractivity contribution in [3.05, 3.63) is 294 Å². The number of terminal acetylenes is 1. The number of aromatic amines is 7. The van der Waals surface area contributed by atoms with Crippen LogP contribution in [0.4, 0.5) is 0 Å². The van der Waals surface area contributed by atoms with Gasteiger partial charge in [-0.05, 0) is 228 Å². The zero-order valence-electron chi connectivity index (χ0n) is 73.9. The molecule has 7 N–H and O–H groups in total. The summed E-state index contributed by atoms with van der Waals surface area (Å²) in [6.45, 7) is 17.1. The highest BCUT2D eigenvalue weighted by atomic mass is 35.5. The second kappa shape index (κ2) is 68.1. The van der Waals surface area contributed by atoms with Crippen molar-refractivity contribution in [3.8, 4) is 122 Å². The molecule has 0 spiro atoms. The number of hydrogen-bond donors (Lipinski definition) is 7. The normalized spacial score (nSPS) is 9.11. The molecule has 136 heavy (non-hydrogen) atoms. The van der Waals surface area contributed by atoms with Crippen LogP contribution in [0.5, 0.6) is 87.2 Å². The van der Waals surface area contributed by atoms with Crippen LogP contribution in [0.15, 0.2) is 250 Å². The first kappa shape index (κ1) is 111. The number of nitrogens with zero attached hydrogens (tertiary/aromatic N) is 14. The Bertz CT molecular complexity index is 6060. The highest BCUT2D eigenvalue weighted by Gasteiger charge is 2.10. The second-order valence-corrected chi connectivity index (χ2v) is 26.9. The van der Waals surface area contributed by atoms with E-state index in [4.69, 9.17) is 123 Å². The van der Waals surface area contributed by atoms with Crippen LogP contribution in [0.1, 0.15) is 80.5 Å². The number of carbonyl (C=O) groups excluding carboxylic acids is 14. The minimum Gasteiger partial charge on any atom is -0.497 e. The number of aromatic nitrogens is 21. The third-order valence-electron chi connectivity index (χ3n) is 15.8. The predicted octanol–water partition coefficient (Wildman–Crippen LogP) is 15.2. The van der Waals surface area contributed by atoms with Crippen molar-refractivity contribution in [3.63, 3.8) is 0 Å². The molecule has 0 aliphatic heterocycles. The van der Waals surface area contributed by atoms with Gasteiger partial charge >= 0.3 is 43.1 Å². The summed E-state index contributed by atoms with van der Waals surface area (Å²) >= 11 is 6.08. The van der Waals surface area contributed by atoms with Crippen molar-refractivity contribution in [1.29, 1.82) is 0 Å². The third kappa shape index (κ3) is 48.2. The summed E-state index contributed by atoms with van der Waals surface area (Å²) in [4.78, 5) is 114. The molecule has 0 saturated heterocycles. The average Bonchev–Trinajstić information content (AvgIpc) is 0.855. The number of aryl methyl sites for hydroxylation is 4. The monoisotopic (exact) mass is 1870 g/mol. The summed E-state index contributed by atoms with van der Waals surface area (Å²) < 4.78 is 43.6. The van der Waals surface area contributed by atoms with Crippen molar-refractivity contribution in [2.24, 2.45) is 11.8 Å². The minimum absolute atomic E-state index is 0.250. The molecular formula is C92H86ClN21O22. The van der Waals surface area contributed by atoms with Gasteiger partial charge in [0.1, 0.15) is 89.4 Å². The lowest BCUT2D eigenvalue weighted by atomic mass is 10.0. The highest BCUT2D eigenvalue weighted by Crippen LogP contribution is 2.32. The van der Waals surface area contributed by atoms with Gasteiger partial charge in [-0.15, -0.1) is 42.1 Å². The average molecular weight is 1870 g/mol. The molecule has 0 saturated carbocycles. The van der Waals surface area contributed by atoms with Gasteiger partial charge in [0.15, 0.2) is 0 Å². The van der Waals surface area contributed by atoms with Crippen LogP contribution >= 0.6 is 11.6 Å². The quantitative estimate of drug-likeness (QED) is 0.0292. The van der Waals surface area contributed by atoms with Gasteiger partial charge < -0.3 is 37.9 Å². The third-order valence-corrected chi connectivity index (χ3v) is 16.0. The molecule has 16 rings (SSSR count). The summed E-state index contributed by atoms with van der Waals surface area (Å²) in [7, 11) is 1.67. The smallest absolute Gasteiger partial charge is 0.373 e. The van der Waals surface area contributed by atoms with Crippen LogP contribution in [-0.4, -0.2) is 158 Å². The van der Waals surface area contributed by atoms with Gasteiger partial charge in [-0.25, -0.2) is 0 Å². The summed E-state index contributed by atoms with van der Waals surface area (Å²) in [5, 5.41) is 70.6. The maximum atomic E-state index is 8.12. The zero-order chi connectivity index (χ0) is 99.7. The van der Waals surface area contributed by atoms with Crippen LogP contribution in [0.25, 0.3) is 22.3 Å². The molecular weight excluding hydrogens is 1790 g/mol. The molecule has 9 aromatic carbocycles. The van der Waals surface area contributed by atoms with Crippen LogP contribution in [-0.2, 0) is 92.8 Å². The SMILES string of the molecule is C#Cc1ccc(Oc2cn[nH]n2)cc1.CC(C)Cc1ccc(Oc2cn[nH]n2)cc1.CC(C)Cc1cccc(Oc2cn[nH]n2)c1.CCc1ccc(Oc2cn[nH]n2)cc1.CCc1cccc(Oc2cn[nH]n2)c1.COc1cc(C)cc(-c2ccc(Oc3cn[nH]n3)cc2)c1.Cc1cc(Cl)cc(-c2ccc(Oc3cn[nH]n3)cc2)c1.O=C=O.O=C=O.O=C=O.O=C=O.O=C=O.O=C=O.O=C=O. The first-order valence-corrected chi connectivity index (χ1v) is 39.6. The molecule has 7 aromatic heterocycles. The van der Waals surface area contributed by atoms with E-state index in [1.165, 1.54) is 47.0 Å². The van der Waals surface area contributed by atoms with E-state index >= 15 is 0 Å². The fourth-order valence-electron chi connectivity index (χ4n) is 10.5. The number of H-pyrrole nitrogens is 7. The Morgan fingerprint density at radius 2 is 0.559 bits per heavy atom. The van der Waals surface area contributed by atoms with E-state index in [-0.39, 0.29) is 43.1 Å². The van der Waals surface area contributed by atoms with E-state index in [0.717, 1.165) is 98.4 Å². The number of benzene rings is 9. The van der Waals surface area contributed by atoms with E-state index in [0.29, 0.717) is 70.2 Å². The molecule has 0 bridgehead atoms. The number of methoxy groups -OCH3 is 1. The maximum Gasteiger partial charge on any atom is 0.373 e. The van der Waals surface area contributed by atoms with E-state index in [2.05, 4.69) is 192 Å². The largest absolute Gasteiger partial charge is 0.497 e. The van der Waals surface area contributed by atoms with Crippen molar-refractivity contribution in [2.45, 2.75) is 81.1 Å². The zero-order valence-corrected chi connectivity index (χ0v) is 74.6. The summed E-state index contributed by atoms with van der Waals surface area (Å²) in [5.74, 6) is 13.2. The first-order chi connectivity index (χ1) is 66.0. The molecule has 0 unspecified atom stereocenters. The van der Waals surface area contributed by atoms with Crippen molar-refractivity contribution in [1.82, 2.24) is 108 Å². The molecule has 44 heteroatoms. The predicted molar refractivity (Wildman–Crippen MR) is 471 cm³/mol. The van der Waals surface area contributed by atoms with E-state index in [9.17, 15) is 0 Å². The van der Waals surface area contributed by atoms with Crippen LogP contribution in [0.3, 0.4) is 0 Å². The number of hydrogen-bond acceptors (Lipinski definition) is 36. The standard InChI is InChI=1S/C16H15N3O2.C15H12ClN3O.2C12H15N3O.C10H11N3O.C10H7N3O.C10H11N3O.7CO2/c1-11-7-13(9-15(8-11)20-2)12-3-5-14(6-4-12)21-16-10-17-19-18-16;1-10-6-12(8-13(16)7-10)11-2-4-14(5-3-11)20-15-9-17-19-18-15;1-9(2)7-10-3-5-11(6-4-10)16-12-8-13-15-14-12;1-9(2)6-10-4-3-5-11(7-10)16-12-8-13-15-14-12;2*1-2-8-3-5-9(6-4-8)14-10-7-11-13-12-10;1-2-8-4-3-5-9(6-8)14-10-7-11-13-12-10;7*2-1-3/h3-10H,1-2H3,(H,17,18,19);2-9H,1H3,(H,17,18,19);3-6,8-9H,7H2,1-2H3,(H,13,14,15);3-5,7-9H,6H2,1-2H3,(H,13,14,15);3-7H,2H2,1H3,(H,11,12,13);1,3-7H,(H,11,12,13);3-7H,2H2,1H3,(H,11,12,13);;;;;;;. The molecule has 43 nitrogen and oxygen atoms in total. The molecule has 7 heterocycles. The van der Waals surface area contributed by atoms with Crippen LogP contribution < -0.4 is 37.9 Å². The van der Waals surface area contributed by atoms with Crippen molar-refractivity contribution < 1.29 is 105 Å². The fourth-order valence-corrected chi connectivity index (χ4v) is 10.8. The number of halogens is 1. The lowest BCUT2D eigenvalue weighted by molar-refractivity contribution is -0.193. The van der Waals surface area contributed by atoms with Gasteiger partial charge in [0.2, 0.25) is 0 Å².